The molecule has 21 heavy (non-hydrogen) atoms. The van der Waals surface area contributed by atoms with Gasteiger partial charge in [0.2, 0.25) is 5.91 Å². The van der Waals surface area contributed by atoms with E-state index in [9.17, 15) is 4.79 Å². The van der Waals surface area contributed by atoms with Crippen LogP contribution < -0.4 is 5.32 Å². The lowest BCUT2D eigenvalue weighted by Crippen LogP contribution is -2.37. The Bertz CT molecular complexity index is 447. The van der Waals surface area contributed by atoms with Crippen LogP contribution in [0.25, 0.3) is 0 Å². The first-order valence-corrected chi connectivity index (χ1v) is 8.15. The molecule has 1 unspecified atom stereocenters. The summed E-state index contributed by atoms with van der Waals surface area (Å²) in [4.78, 5) is 14.5. The highest BCUT2D eigenvalue weighted by Crippen LogP contribution is 2.18. The van der Waals surface area contributed by atoms with Crippen LogP contribution in [0.2, 0.25) is 0 Å². The molecule has 1 saturated heterocycles. The number of rotatable bonds is 6. The van der Waals surface area contributed by atoms with Gasteiger partial charge < -0.3 is 5.32 Å². The Balaban J connectivity index is 1.85. The molecule has 0 aliphatic carbocycles. The average Bonchev–Trinajstić information content (AvgIpc) is 2.97. The quantitative estimate of drug-likeness (QED) is 0.872. The number of nitrogens with zero attached hydrogens (tertiary/aromatic N) is 1. The van der Waals surface area contributed by atoms with Gasteiger partial charge in [-0.25, -0.2) is 0 Å². The first-order valence-electron chi connectivity index (χ1n) is 8.15. The number of carbonyl (C=O) groups excluding carboxylic acids is 1. The van der Waals surface area contributed by atoms with Crippen LogP contribution in [-0.4, -0.2) is 30.6 Å². The van der Waals surface area contributed by atoms with Crippen molar-refractivity contribution in [2.75, 3.05) is 19.8 Å². The molecule has 0 radical (unpaired) electrons. The van der Waals surface area contributed by atoms with E-state index in [1.165, 1.54) is 18.4 Å². The van der Waals surface area contributed by atoms with Crippen molar-refractivity contribution >= 4 is 5.91 Å². The molecule has 3 heteroatoms. The average molecular weight is 288 g/mol. The normalized spacial score (nSPS) is 17.1. The molecular formula is C18H28N2O. The van der Waals surface area contributed by atoms with Crippen molar-refractivity contribution in [2.45, 2.75) is 46.0 Å². The van der Waals surface area contributed by atoms with Gasteiger partial charge in [0.05, 0.1) is 12.6 Å². The van der Waals surface area contributed by atoms with Crippen molar-refractivity contribution in [2.24, 2.45) is 5.92 Å². The van der Waals surface area contributed by atoms with Gasteiger partial charge in [-0.15, -0.1) is 0 Å². The molecular weight excluding hydrogens is 260 g/mol. The Hall–Kier alpha value is -1.35. The lowest BCUT2D eigenvalue weighted by Gasteiger charge is -2.18. The lowest BCUT2D eigenvalue weighted by molar-refractivity contribution is -0.122. The fourth-order valence-electron chi connectivity index (χ4n) is 2.85. The third kappa shape index (κ3) is 4.85. The van der Waals surface area contributed by atoms with E-state index in [0.29, 0.717) is 12.6 Å². The smallest absolute Gasteiger partial charge is 0.228 e. The first kappa shape index (κ1) is 16.0. The van der Waals surface area contributed by atoms with E-state index in [0.717, 1.165) is 25.1 Å². The van der Waals surface area contributed by atoms with Crippen LogP contribution in [-0.2, 0) is 11.2 Å². The lowest BCUT2D eigenvalue weighted by atomic mass is 9.96. The van der Waals surface area contributed by atoms with Gasteiger partial charge in [0.1, 0.15) is 0 Å². The van der Waals surface area contributed by atoms with E-state index in [-0.39, 0.29) is 11.8 Å². The maximum absolute atomic E-state index is 12.2. The molecule has 1 aliphatic rings. The van der Waals surface area contributed by atoms with Crippen LogP contribution in [0.4, 0.5) is 0 Å². The van der Waals surface area contributed by atoms with Crippen molar-refractivity contribution in [3.05, 3.63) is 35.4 Å². The van der Waals surface area contributed by atoms with Gasteiger partial charge in [0.15, 0.2) is 0 Å². The molecule has 1 aliphatic heterocycles. The van der Waals surface area contributed by atoms with Gasteiger partial charge in [-0.1, -0.05) is 38.1 Å². The third-order valence-electron chi connectivity index (χ3n) is 4.19. The summed E-state index contributed by atoms with van der Waals surface area (Å²) in [5.74, 6) is 0.705. The molecule has 1 heterocycles. The number of amides is 1. The van der Waals surface area contributed by atoms with Crippen LogP contribution >= 0.6 is 0 Å². The van der Waals surface area contributed by atoms with E-state index in [1.807, 2.05) is 6.92 Å². The topological polar surface area (TPSA) is 32.3 Å². The highest BCUT2D eigenvalue weighted by Gasteiger charge is 2.17. The van der Waals surface area contributed by atoms with Gasteiger partial charge in [-0.2, -0.15) is 0 Å². The molecule has 0 saturated carbocycles. The van der Waals surface area contributed by atoms with Crippen molar-refractivity contribution in [1.29, 1.82) is 0 Å². The van der Waals surface area contributed by atoms with Crippen molar-refractivity contribution < 1.29 is 4.79 Å². The van der Waals surface area contributed by atoms with Crippen LogP contribution in [0.5, 0.6) is 0 Å². The minimum absolute atomic E-state index is 0.0827. The summed E-state index contributed by atoms with van der Waals surface area (Å²) in [7, 11) is 0. The van der Waals surface area contributed by atoms with E-state index in [4.69, 9.17) is 0 Å². The largest absolute Gasteiger partial charge is 0.343 e. The van der Waals surface area contributed by atoms with E-state index >= 15 is 0 Å². The zero-order chi connectivity index (χ0) is 15.2. The second-order valence-corrected chi connectivity index (χ2v) is 6.59. The fraction of sp³-hybridized carbons (Fsp3) is 0.611. The highest BCUT2D eigenvalue weighted by molar-refractivity contribution is 5.83. The summed E-state index contributed by atoms with van der Waals surface area (Å²) >= 11 is 0. The summed E-state index contributed by atoms with van der Waals surface area (Å²) in [5.41, 5.74) is 2.44. The summed E-state index contributed by atoms with van der Waals surface area (Å²) in [6.07, 6.45) is 3.60. The molecule has 0 spiro atoms. The molecule has 1 N–H and O–H groups in total. The van der Waals surface area contributed by atoms with Crippen molar-refractivity contribution in [3.63, 3.8) is 0 Å². The minimum Gasteiger partial charge on any atom is -0.343 e. The second-order valence-electron chi connectivity index (χ2n) is 6.59. The molecule has 0 bridgehead atoms. The molecule has 1 aromatic carbocycles. The zero-order valence-electron chi connectivity index (χ0n) is 13.6. The number of nitrogens with one attached hydrogen (secondary N) is 1. The maximum Gasteiger partial charge on any atom is 0.228 e. The maximum atomic E-state index is 12.2. The summed E-state index contributed by atoms with van der Waals surface area (Å²) in [6.45, 7) is 9.34. The number of hydrogen-bond acceptors (Lipinski definition) is 2. The molecule has 1 amide bonds. The molecule has 1 aromatic rings. The second kappa shape index (κ2) is 7.60. The monoisotopic (exact) mass is 288 g/mol. The van der Waals surface area contributed by atoms with E-state index < -0.39 is 0 Å². The predicted molar refractivity (Wildman–Crippen MR) is 87.2 cm³/mol. The molecule has 2 rings (SSSR count). The van der Waals surface area contributed by atoms with Gasteiger partial charge in [-0.3, -0.25) is 9.69 Å². The van der Waals surface area contributed by atoms with Gasteiger partial charge in [-0.05, 0) is 56.3 Å². The minimum atomic E-state index is -0.0827. The SMILES string of the molecule is CC(C)Cc1ccc(C(C)C(=O)NCN2CCCC2)cc1. The highest BCUT2D eigenvalue weighted by atomic mass is 16.2. The summed E-state index contributed by atoms with van der Waals surface area (Å²) in [6, 6.07) is 8.49. The first-order chi connectivity index (χ1) is 10.1. The van der Waals surface area contributed by atoms with E-state index in [1.54, 1.807) is 0 Å². The Morgan fingerprint density at radius 2 is 1.76 bits per heavy atom. The van der Waals surface area contributed by atoms with Crippen molar-refractivity contribution in [1.82, 2.24) is 10.2 Å². The zero-order valence-corrected chi connectivity index (χ0v) is 13.6. The van der Waals surface area contributed by atoms with Crippen LogP contribution in [0.15, 0.2) is 24.3 Å². The number of benzene rings is 1. The Morgan fingerprint density at radius 1 is 1.14 bits per heavy atom. The van der Waals surface area contributed by atoms with Crippen LogP contribution in [0.1, 0.15) is 50.7 Å². The van der Waals surface area contributed by atoms with E-state index in [2.05, 4.69) is 48.3 Å². The molecule has 0 aromatic heterocycles. The molecule has 116 valence electrons. The third-order valence-corrected chi connectivity index (χ3v) is 4.19. The van der Waals surface area contributed by atoms with Crippen molar-refractivity contribution in [3.8, 4) is 0 Å². The Morgan fingerprint density at radius 3 is 2.33 bits per heavy atom. The van der Waals surface area contributed by atoms with Gasteiger partial charge in [0, 0.05) is 0 Å². The standard InChI is InChI=1S/C18H28N2O/c1-14(2)12-16-6-8-17(9-7-16)15(3)18(21)19-13-20-10-4-5-11-20/h6-9,14-15H,4-5,10-13H2,1-3H3,(H,19,21). The Kier molecular flexibility index (Phi) is 5.80. The molecule has 1 atom stereocenters. The number of hydrogen-bond donors (Lipinski definition) is 1. The fourth-order valence-corrected chi connectivity index (χ4v) is 2.85. The summed E-state index contributed by atoms with van der Waals surface area (Å²) in [5, 5.41) is 3.06. The van der Waals surface area contributed by atoms with Gasteiger partial charge >= 0.3 is 0 Å². The summed E-state index contributed by atoms with van der Waals surface area (Å²) < 4.78 is 0. The predicted octanol–water partition coefficient (Wildman–Crippen LogP) is 3.16. The number of carbonyl (C=O) groups is 1. The van der Waals surface area contributed by atoms with Gasteiger partial charge in [0.25, 0.3) is 0 Å². The molecule has 1 fully saturated rings. The Labute approximate surface area is 128 Å². The van der Waals surface area contributed by atoms with Crippen LogP contribution in [0.3, 0.4) is 0 Å². The number of likely N-dealkylation sites (tertiary alicyclic amines) is 1. The van der Waals surface area contributed by atoms with Crippen LogP contribution in [0, 0.1) is 5.92 Å². The molecule has 3 nitrogen and oxygen atoms in total.